The summed E-state index contributed by atoms with van der Waals surface area (Å²) >= 11 is 0. The summed E-state index contributed by atoms with van der Waals surface area (Å²) < 4.78 is 1.60. The Balaban J connectivity index is 1.75. The lowest BCUT2D eigenvalue weighted by atomic mass is 10.1. The number of pyridine rings is 1. The second kappa shape index (κ2) is 7.66. The van der Waals surface area contributed by atoms with Crippen molar-refractivity contribution in [3.63, 3.8) is 0 Å². The summed E-state index contributed by atoms with van der Waals surface area (Å²) in [6.45, 7) is 2.45. The van der Waals surface area contributed by atoms with Gasteiger partial charge >= 0.3 is 5.97 Å². The minimum atomic E-state index is -0.960. The molecule has 130 valence electrons. The Morgan fingerprint density at radius 2 is 1.69 bits per heavy atom. The van der Waals surface area contributed by atoms with Crippen LogP contribution >= 0.6 is 0 Å². The Bertz CT molecular complexity index is 1010. The molecule has 0 spiro atoms. The van der Waals surface area contributed by atoms with Crippen molar-refractivity contribution < 1.29 is 9.90 Å². The lowest BCUT2D eigenvalue weighted by molar-refractivity contribution is 0.0697. The molecule has 0 unspecified atom stereocenters. The summed E-state index contributed by atoms with van der Waals surface area (Å²) in [7, 11) is 0. The van der Waals surface area contributed by atoms with Crippen LogP contribution in [0.4, 0.5) is 0 Å². The first-order chi connectivity index (χ1) is 12.5. The van der Waals surface area contributed by atoms with Gasteiger partial charge in [0.15, 0.2) is 0 Å². The maximum Gasteiger partial charge on any atom is 0.335 e. The first kappa shape index (κ1) is 17.4. The summed E-state index contributed by atoms with van der Waals surface area (Å²) in [5, 5.41) is 8.93. The van der Waals surface area contributed by atoms with Crippen molar-refractivity contribution in [2.45, 2.75) is 13.5 Å². The van der Waals surface area contributed by atoms with Crippen molar-refractivity contribution in [2.75, 3.05) is 0 Å². The Kier molecular flexibility index (Phi) is 5.13. The molecule has 0 radical (unpaired) electrons. The molecule has 26 heavy (non-hydrogen) atoms. The molecule has 0 fully saturated rings. The molecular formula is C22H19NO3. The van der Waals surface area contributed by atoms with Crippen LogP contribution in [-0.4, -0.2) is 15.6 Å². The van der Waals surface area contributed by atoms with Gasteiger partial charge in [-0.1, -0.05) is 54.1 Å². The van der Waals surface area contributed by atoms with E-state index in [0.29, 0.717) is 6.54 Å². The molecule has 0 atom stereocenters. The highest BCUT2D eigenvalue weighted by Crippen LogP contribution is 2.10. The molecule has 3 aromatic rings. The number of benzene rings is 2. The summed E-state index contributed by atoms with van der Waals surface area (Å²) in [6.07, 6.45) is 5.66. The van der Waals surface area contributed by atoms with Crippen LogP contribution in [0, 0.1) is 6.92 Å². The number of hydrogen-bond donors (Lipinski definition) is 1. The van der Waals surface area contributed by atoms with Crippen LogP contribution < -0.4 is 5.56 Å². The largest absolute Gasteiger partial charge is 0.478 e. The molecule has 0 aliphatic heterocycles. The summed E-state index contributed by atoms with van der Waals surface area (Å²) in [5.74, 6) is -0.960. The minimum absolute atomic E-state index is 0.0984. The van der Waals surface area contributed by atoms with Gasteiger partial charge in [-0.3, -0.25) is 4.79 Å². The maximum absolute atomic E-state index is 12.3. The summed E-state index contributed by atoms with van der Waals surface area (Å²) in [4.78, 5) is 23.2. The average molecular weight is 345 g/mol. The molecule has 3 rings (SSSR count). The van der Waals surface area contributed by atoms with Gasteiger partial charge in [-0.05, 0) is 41.8 Å². The Hall–Kier alpha value is -3.40. The van der Waals surface area contributed by atoms with E-state index in [9.17, 15) is 9.59 Å². The van der Waals surface area contributed by atoms with Crippen LogP contribution in [0.3, 0.4) is 0 Å². The molecule has 2 aromatic carbocycles. The fourth-order valence-electron chi connectivity index (χ4n) is 2.67. The number of aromatic carboxylic acids is 1. The van der Waals surface area contributed by atoms with Crippen molar-refractivity contribution in [3.05, 3.63) is 105 Å². The van der Waals surface area contributed by atoms with E-state index < -0.39 is 5.97 Å². The second-order valence-corrected chi connectivity index (χ2v) is 6.18. The number of aromatic nitrogens is 1. The number of hydrogen-bond acceptors (Lipinski definition) is 2. The van der Waals surface area contributed by atoms with Crippen LogP contribution in [0.1, 0.15) is 32.6 Å². The Morgan fingerprint density at radius 3 is 2.31 bits per heavy atom. The van der Waals surface area contributed by atoms with Gasteiger partial charge in [-0.2, -0.15) is 0 Å². The lowest BCUT2D eigenvalue weighted by Crippen LogP contribution is -2.19. The number of nitrogens with zero attached hydrogens (tertiary/aromatic N) is 1. The van der Waals surface area contributed by atoms with Crippen LogP contribution in [0.5, 0.6) is 0 Å². The van der Waals surface area contributed by atoms with E-state index in [1.165, 1.54) is 5.56 Å². The lowest BCUT2D eigenvalue weighted by Gasteiger charge is -2.06. The molecule has 4 nitrogen and oxygen atoms in total. The molecule has 4 heteroatoms. The predicted molar refractivity (Wildman–Crippen MR) is 103 cm³/mol. The third-order valence-electron chi connectivity index (χ3n) is 4.08. The van der Waals surface area contributed by atoms with Crippen LogP contribution in [0.15, 0.2) is 71.7 Å². The van der Waals surface area contributed by atoms with Crippen molar-refractivity contribution in [1.29, 1.82) is 0 Å². The third kappa shape index (κ3) is 4.36. The minimum Gasteiger partial charge on any atom is -0.478 e. The first-order valence-corrected chi connectivity index (χ1v) is 8.29. The number of rotatable bonds is 5. The van der Waals surface area contributed by atoms with E-state index in [1.807, 2.05) is 43.3 Å². The smallest absolute Gasteiger partial charge is 0.335 e. The molecule has 0 saturated carbocycles. The molecule has 0 aliphatic rings. The van der Waals surface area contributed by atoms with Crippen LogP contribution in [0.2, 0.25) is 0 Å². The predicted octanol–water partition coefficient (Wildman–Crippen LogP) is 4.07. The standard InChI is InChI=1S/C22H19NO3/c1-16-3-2-4-17(13-16)5-6-18-11-12-23(21(24)14-18)15-19-7-9-20(10-8-19)22(25)26/h2-14H,15H2,1H3,(H,25,26)/b6-5+. The van der Waals surface area contributed by atoms with Gasteiger partial charge in [-0.25, -0.2) is 4.79 Å². The zero-order valence-electron chi connectivity index (χ0n) is 14.4. The highest BCUT2D eigenvalue weighted by molar-refractivity contribution is 5.87. The fourth-order valence-corrected chi connectivity index (χ4v) is 2.67. The Morgan fingerprint density at radius 1 is 1.00 bits per heavy atom. The molecule has 0 bridgehead atoms. The van der Waals surface area contributed by atoms with Gasteiger partial charge in [0.1, 0.15) is 0 Å². The van der Waals surface area contributed by atoms with Crippen molar-refractivity contribution >= 4 is 18.1 Å². The summed E-state index contributed by atoms with van der Waals surface area (Å²) in [6, 6.07) is 18.2. The zero-order valence-corrected chi connectivity index (χ0v) is 14.4. The van der Waals surface area contributed by atoms with Gasteiger partial charge < -0.3 is 9.67 Å². The summed E-state index contributed by atoms with van der Waals surface area (Å²) in [5.41, 5.74) is 4.13. The van der Waals surface area contributed by atoms with Gasteiger partial charge in [0.05, 0.1) is 12.1 Å². The third-order valence-corrected chi connectivity index (χ3v) is 4.08. The molecular weight excluding hydrogens is 326 g/mol. The van der Waals surface area contributed by atoms with E-state index in [4.69, 9.17) is 5.11 Å². The van der Waals surface area contributed by atoms with Crippen molar-refractivity contribution in [1.82, 2.24) is 4.57 Å². The highest BCUT2D eigenvalue weighted by Gasteiger charge is 2.03. The highest BCUT2D eigenvalue weighted by atomic mass is 16.4. The number of carboxylic acids is 1. The fraction of sp³-hybridized carbons (Fsp3) is 0.0909. The zero-order chi connectivity index (χ0) is 18.5. The van der Waals surface area contributed by atoms with E-state index >= 15 is 0 Å². The van der Waals surface area contributed by atoms with Gasteiger partial charge in [-0.15, -0.1) is 0 Å². The second-order valence-electron chi connectivity index (χ2n) is 6.18. The number of aryl methyl sites for hydroxylation is 1. The topological polar surface area (TPSA) is 59.3 Å². The average Bonchev–Trinajstić information content (AvgIpc) is 2.62. The maximum atomic E-state index is 12.3. The van der Waals surface area contributed by atoms with Gasteiger partial charge in [0, 0.05) is 12.3 Å². The van der Waals surface area contributed by atoms with E-state index in [2.05, 4.69) is 6.07 Å². The number of carbonyl (C=O) groups is 1. The SMILES string of the molecule is Cc1cccc(/C=C/c2ccn(Cc3ccc(C(=O)O)cc3)c(=O)c2)c1. The van der Waals surface area contributed by atoms with E-state index in [-0.39, 0.29) is 11.1 Å². The molecule has 1 N–H and O–H groups in total. The van der Waals surface area contributed by atoms with E-state index in [1.54, 1.807) is 41.1 Å². The van der Waals surface area contributed by atoms with E-state index in [0.717, 1.165) is 16.7 Å². The molecule has 0 amide bonds. The molecule has 0 saturated heterocycles. The quantitative estimate of drug-likeness (QED) is 0.758. The van der Waals surface area contributed by atoms with Crippen LogP contribution in [-0.2, 0) is 6.54 Å². The molecule has 1 aromatic heterocycles. The van der Waals surface area contributed by atoms with Gasteiger partial charge in [0.2, 0.25) is 0 Å². The normalized spacial score (nSPS) is 11.0. The Labute approximate surface area is 151 Å². The first-order valence-electron chi connectivity index (χ1n) is 8.29. The van der Waals surface area contributed by atoms with Gasteiger partial charge in [0.25, 0.3) is 5.56 Å². The monoisotopic (exact) mass is 345 g/mol. The van der Waals surface area contributed by atoms with Crippen molar-refractivity contribution in [2.24, 2.45) is 0 Å². The number of carboxylic acid groups (broad SMARTS) is 1. The van der Waals surface area contributed by atoms with Crippen molar-refractivity contribution in [3.8, 4) is 0 Å². The molecule has 1 heterocycles. The van der Waals surface area contributed by atoms with Crippen LogP contribution in [0.25, 0.3) is 12.2 Å². The molecule has 0 aliphatic carbocycles.